The Morgan fingerprint density at radius 2 is 1.81 bits per heavy atom. The van der Waals surface area contributed by atoms with Crippen LogP contribution in [0.5, 0.6) is 0 Å². The topological polar surface area (TPSA) is 63.9 Å². The zero-order valence-corrected chi connectivity index (χ0v) is 15.4. The molecule has 0 bridgehead atoms. The summed E-state index contributed by atoms with van der Waals surface area (Å²) in [6.45, 7) is 1.76. The quantitative estimate of drug-likeness (QED) is 0.523. The monoisotopic (exact) mass is 367 g/mol. The number of aromatic nitrogens is 4. The predicted octanol–water partition coefficient (Wildman–Crippen LogP) is 3.31. The molecule has 7 heteroatoms. The van der Waals surface area contributed by atoms with Crippen LogP contribution in [0, 0.1) is 0 Å². The molecule has 1 aromatic carbocycles. The van der Waals surface area contributed by atoms with Crippen LogP contribution < -0.4 is 0 Å². The lowest BCUT2D eigenvalue weighted by Crippen LogP contribution is -2.33. The predicted molar refractivity (Wildman–Crippen MR) is 102 cm³/mol. The highest BCUT2D eigenvalue weighted by atomic mass is 32.2. The summed E-state index contributed by atoms with van der Waals surface area (Å²) in [5, 5.41) is 6.15. The summed E-state index contributed by atoms with van der Waals surface area (Å²) < 4.78 is 1.80. The minimum Gasteiger partial charge on any atom is -0.342 e. The third-order valence-electron chi connectivity index (χ3n) is 4.62. The van der Waals surface area contributed by atoms with Gasteiger partial charge < -0.3 is 4.90 Å². The molecule has 1 saturated heterocycles. The Balaban J connectivity index is 1.52. The molecule has 0 saturated carbocycles. The van der Waals surface area contributed by atoms with Gasteiger partial charge >= 0.3 is 0 Å². The second kappa shape index (κ2) is 7.86. The van der Waals surface area contributed by atoms with Crippen molar-refractivity contribution in [3.63, 3.8) is 0 Å². The molecule has 4 rings (SSSR count). The van der Waals surface area contributed by atoms with Gasteiger partial charge in [0, 0.05) is 13.1 Å². The number of carbonyl (C=O) groups excluding carboxylic acids is 1. The fraction of sp³-hybridized carbons (Fsp3) is 0.368. The van der Waals surface area contributed by atoms with E-state index in [2.05, 4.69) is 15.1 Å². The van der Waals surface area contributed by atoms with Gasteiger partial charge in [0.1, 0.15) is 11.4 Å². The molecule has 1 aliphatic rings. The number of hydrogen-bond acceptors (Lipinski definition) is 5. The third-order valence-corrected chi connectivity index (χ3v) is 5.61. The molecule has 3 heterocycles. The lowest BCUT2D eigenvalue weighted by molar-refractivity contribution is -0.128. The van der Waals surface area contributed by atoms with Crippen molar-refractivity contribution >= 4 is 28.7 Å². The Morgan fingerprint density at radius 1 is 1.04 bits per heavy atom. The lowest BCUT2D eigenvalue weighted by atomic mass is 10.2. The number of benzene rings is 1. The van der Waals surface area contributed by atoms with Crippen molar-refractivity contribution in [2.75, 3.05) is 18.8 Å². The SMILES string of the molecule is O=C(CSc1ncnc2c1cnn2-c1ccccc1)N1CCCCCC1. The van der Waals surface area contributed by atoms with Gasteiger partial charge in [-0.25, -0.2) is 14.6 Å². The molecule has 26 heavy (non-hydrogen) atoms. The first-order chi connectivity index (χ1) is 12.8. The average Bonchev–Trinajstić information content (AvgIpc) is 2.93. The molecule has 0 spiro atoms. The Morgan fingerprint density at radius 3 is 2.58 bits per heavy atom. The molecule has 134 valence electrons. The van der Waals surface area contributed by atoms with Crippen molar-refractivity contribution in [1.29, 1.82) is 0 Å². The summed E-state index contributed by atoms with van der Waals surface area (Å²) in [5.74, 6) is 0.599. The van der Waals surface area contributed by atoms with E-state index in [0.717, 1.165) is 47.7 Å². The van der Waals surface area contributed by atoms with Crippen LogP contribution in [0.1, 0.15) is 25.7 Å². The van der Waals surface area contributed by atoms with Gasteiger partial charge in [-0.2, -0.15) is 5.10 Å². The minimum absolute atomic E-state index is 0.194. The van der Waals surface area contributed by atoms with Crippen molar-refractivity contribution in [1.82, 2.24) is 24.6 Å². The first kappa shape index (κ1) is 17.0. The van der Waals surface area contributed by atoms with Gasteiger partial charge in [0.15, 0.2) is 5.65 Å². The minimum atomic E-state index is 0.194. The van der Waals surface area contributed by atoms with Crippen molar-refractivity contribution in [3.05, 3.63) is 42.9 Å². The molecule has 6 nitrogen and oxygen atoms in total. The van der Waals surface area contributed by atoms with E-state index in [9.17, 15) is 4.79 Å². The average molecular weight is 367 g/mol. The number of para-hydroxylation sites is 1. The van der Waals surface area contributed by atoms with Gasteiger partial charge in [0.2, 0.25) is 5.91 Å². The summed E-state index contributed by atoms with van der Waals surface area (Å²) in [6.07, 6.45) is 7.99. The largest absolute Gasteiger partial charge is 0.342 e. The highest BCUT2D eigenvalue weighted by Crippen LogP contribution is 2.26. The normalized spacial score (nSPS) is 15.2. The van der Waals surface area contributed by atoms with Crippen LogP contribution in [0.3, 0.4) is 0 Å². The van der Waals surface area contributed by atoms with Gasteiger partial charge in [-0.3, -0.25) is 4.79 Å². The molecule has 0 N–H and O–H groups in total. The molecule has 1 amide bonds. The van der Waals surface area contributed by atoms with Gasteiger partial charge in [-0.05, 0) is 25.0 Å². The van der Waals surface area contributed by atoms with Crippen LogP contribution in [0.4, 0.5) is 0 Å². The highest BCUT2D eigenvalue weighted by molar-refractivity contribution is 8.00. The maximum atomic E-state index is 12.5. The molecule has 0 unspecified atom stereocenters. The van der Waals surface area contributed by atoms with E-state index in [-0.39, 0.29) is 5.91 Å². The van der Waals surface area contributed by atoms with E-state index in [1.807, 2.05) is 35.2 Å². The number of nitrogens with zero attached hydrogens (tertiary/aromatic N) is 5. The van der Waals surface area contributed by atoms with Crippen LogP contribution in [0.2, 0.25) is 0 Å². The zero-order valence-electron chi connectivity index (χ0n) is 14.5. The second-order valence-corrected chi connectivity index (χ2v) is 7.36. The molecule has 1 fully saturated rings. The Bertz CT molecular complexity index is 887. The van der Waals surface area contributed by atoms with E-state index in [1.54, 1.807) is 17.2 Å². The number of thioether (sulfide) groups is 1. The summed E-state index contributed by atoms with van der Waals surface area (Å²) in [7, 11) is 0. The molecule has 0 atom stereocenters. The first-order valence-electron chi connectivity index (χ1n) is 8.97. The van der Waals surface area contributed by atoms with E-state index in [1.165, 1.54) is 24.6 Å². The van der Waals surface area contributed by atoms with Gasteiger partial charge in [0.05, 0.1) is 23.0 Å². The lowest BCUT2D eigenvalue weighted by Gasteiger charge is -2.19. The first-order valence-corrected chi connectivity index (χ1v) is 9.96. The van der Waals surface area contributed by atoms with Crippen LogP contribution in [-0.2, 0) is 4.79 Å². The Hall–Kier alpha value is -2.41. The smallest absolute Gasteiger partial charge is 0.232 e. The summed E-state index contributed by atoms with van der Waals surface area (Å²) in [4.78, 5) is 23.3. The number of fused-ring (bicyclic) bond motifs is 1. The fourth-order valence-electron chi connectivity index (χ4n) is 3.24. The van der Waals surface area contributed by atoms with E-state index in [0.29, 0.717) is 5.75 Å². The summed E-state index contributed by atoms with van der Waals surface area (Å²) in [5.41, 5.74) is 1.72. The van der Waals surface area contributed by atoms with Crippen LogP contribution in [0.15, 0.2) is 47.9 Å². The fourth-order valence-corrected chi connectivity index (χ4v) is 4.10. The van der Waals surface area contributed by atoms with Crippen molar-refractivity contribution < 1.29 is 4.79 Å². The molecule has 3 aromatic rings. The number of carbonyl (C=O) groups is 1. The van der Waals surface area contributed by atoms with E-state index < -0.39 is 0 Å². The van der Waals surface area contributed by atoms with Crippen LogP contribution in [-0.4, -0.2) is 49.4 Å². The molecular weight excluding hydrogens is 346 g/mol. The van der Waals surface area contributed by atoms with Crippen LogP contribution in [0.25, 0.3) is 16.7 Å². The molecule has 0 radical (unpaired) electrons. The zero-order chi connectivity index (χ0) is 17.8. The van der Waals surface area contributed by atoms with Gasteiger partial charge in [0.25, 0.3) is 0 Å². The maximum absolute atomic E-state index is 12.5. The maximum Gasteiger partial charge on any atom is 0.232 e. The van der Waals surface area contributed by atoms with Crippen molar-refractivity contribution in [2.24, 2.45) is 0 Å². The summed E-state index contributed by atoms with van der Waals surface area (Å²) in [6, 6.07) is 9.90. The highest BCUT2D eigenvalue weighted by Gasteiger charge is 2.17. The molecule has 1 aliphatic heterocycles. The second-order valence-electron chi connectivity index (χ2n) is 6.39. The van der Waals surface area contributed by atoms with Crippen molar-refractivity contribution in [3.8, 4) is 5.69 Å². The number of hydrogen-bond donors (Lipinski definition) is 0. The Labute approximate surface area is 156 Å². The van der Waals surface area contributed by atoms with E-state index in [4.69, 9.17) is 0 Å². The van der Waals surface area contributed by atoms with Gasteiger partial charge in [-0.15, -0.1) is 0 Å². The number of amides is 1. The molecule has 2 aromatic heterocycles. The summed E-state index contributed by atoms with van der Waals surface area (Å²) >= 11 is 1.47. The standard InChI is InChI=1S/C19H21N5OS/c25-17(23-10-6-1-2-7-11-23)13-26-19-16-12-22-24(18(16)20-14-21-19)15-8-4-3-5-9-15/h3-5,8-9,12,14H,1-2,6-7,10-11,13H2. The van der Waals surface area contributed by atoms with Crippen molar-refractivity contribution in [2.45, 2.75) is 30.7 Å². The van der Waals surface area contributed by atoms with E-state index >= 15 is 0 Å². The molecular formula is C19H21N5OS. The number of rotatable bonds is 4. The third kappa shape index (κ3) is 3.58. The molecule has 0 aliphatic carbocycles. The number of likely N-dealkylation sites (tertiary alicyclic amines) is 1. The van der Waals surface area contributed by atoms with Crippen LogP contribution >= 0.6 is 11.8 Å². The van der Waals surface area contributed by atoms with Gasteiger partial charge in [-0.1, -0.05) is 42.8 Å². The Kier molecular flexibility index (Phi) is 5.15.